The molecule has 0 spiro atoms. The van der Waals surface area contributed by atoms with Crippen molar-refractivity contribution in [2.75, 3.05) is 9.80 Å². The van der Waals surface area contributed by atoms with Crippen LogP contribution in [0, 0.1) is 0 Å². The average Bonchev–Trinajstić information content (AvgIpc) is 3.30. The number of anilines is 6. The molecule has 4 aliphatic rings. The molecule has 3 heterocycles. The Morgan fingerprint density at radius 2 is 0.806 bits per heavy atom. The molecule has 10 rings (SSSR count). The third-order valence-corrected chi connectivity index (χ3v) is 15.9. The van der Waals surface area contributed by atoms with E-state index < -0.39 is 0 Å². The van der Waals surface area contributed by atoms with E-state index in [1.54, 1.807) is 0 Å². The van der Waals surface area contributed by atoms with Gasteiger partial charge in [-0.15, -0.1) is 0 Å². The Morgan fingerprint density at radius 3 is 1.16 bits per heavy atom. The lowest BCUT2D eigenvalue weighted by atomic mass is 9.33. The number of benzene rings is 5. The lowest BCUT2D eigenvalue weighted by molar-refractivity contribution is 0.444. The molecular formula is C62H75BN4. The lowest BCUT2D eigenvalue weighted by Gasteiger charge is -2.45. The van der Waals surface area contributed by atoms with Gasteiger partial charge in [0.1, 0.15) is 0 Å². The number of aromatic nitrogens is 2. The fourth-order valence-corrected chi connectivity index (χ4v) is 11.7. The predicted molar refractivity (Wildman–Crippen MR) is 288 cm³/mol. The molecule has 67 heavy (non-hydrogen) atoms. The highest BCUT2D eigenvalue weighted by Gasteiger charge is 2.45. The summed E-state index contributed by atoms with van der Waals surface area (Å²) in [5, 5.41) is 0. The Kier molecular flexibility index (Phi) is 11.4. The quantitative estimate of drug-likeness (QED) is 0.161. The van der Waals surface area contributed by atoms with E-state index in [-0.39, 0.29) is 28.4 Å². The van der Waals surface area contributed by atoms with Gasteiger partial charge in [-0.05, 0) is 164 Å². The predicted octanol–water partition coefficient (Wildman–Crippen LogP) is 15.5. The van der Waals surface area contributed by atoms with Crippen molar-refractivity contribution in [3.8, 4) is 11.4 Å². The first kappa shape index (κ1) is 45.6. The van der Waals surface area contributed by atoms with Gasteiger partial charge in [-0.1, -0.05) is 158 Å². The summed E-state index contributed by atoms with van der Waals surface area (Å²) >= 11 is 0. The van der Waals surface area contributed by atoms with E-state index in [2.05, 4.69) is 178 Å². The van der Waals surface area contributed by atoms with Gasteiger partial charge in [0, 0.05) is 52.1 Å². The maximum absolute atomic E-state index is 4.98. The maximum atomic E-state index is 4.98. The molecule has 1 aromatic heterocycles. The summed E-state index contributed by atoms with van der Waals surface area (Å²) < 4.78 is 0. The third-order valence-electron chi connectivity index (χ3n) is 15.9. The minimum Gasteiger partial charge on any atom is -0.311 e. The molecule has 346 valence electrons. The Morgan fingerprint density at radius 1 is 0.433 bits per heavy atom. The minimum absolute atomic E-state index is 0.0369. The molecule has 0 amide bonds. The summed E-state index contributed by atoms with van der Waals surface area (Å²) in [4.78, 5) is 15.3. The first-order valence-corrected chi connectivity index (χ1v) is 25.9. The van der Waals surface area contributed by atoms with Gasteiger partial charge in [0.05, 0.1) is 0 Å². The molecule has 0 N–H and O–H groups in total. The van der Waals surface area contributed by atoms with Gasteiger partial charge in [-0.25, -0.2) is 9.97 Å². The van der Waals surface area contributed by atoms with E-state index in [0.717, 1.165) is 11.4 Å². The first-order valence-electron chi connectivity index (χ1n) is 25.9. The summed E-state index contributed by atoms with van der Waals surface area (Å²) in [6, 6.07) is 37.1. The van der Waals surface area contributed by atoms with Gasteiger partial charge >= 0.3 is 0 Å². The minimum atomic E-state index is -0.0468. The molecule has 2 aliphatic heterocycles. The van der Waals surface area contributed by atoms with E-state index in [1.165, 1.54) is 148 Å². The molecule has 0 saturated heterocycles. The van der Waals surface area contributed by atoms with Gasteiger partial charge in [0.25, 0.3) is 6.71 Å². The fraction of sp³-hybridized carbons (Fsp3) is 0.452. The van der Waals surface area contributed by atoms with Crippen LogP contribution in [0.3, 0.4) is 0 Å². The van der Waals surface area contributed by atoms with Crippen molar-refractivity contribution in [2.24, 2.45) is 0 Å². The highest BCUT2D eigenvalue weighted by molar-refractivity contribution is 7.00. The molecule has 5 heteroatoms. The van der Waals surface area contributed by atoms with Crippen LogP contribution in [0.4, 0.5) is 34.1 Å². The zero-order valence-corrected chi connectivity index (χ0v) is 42.9. The molecule has 5 aromatic carbocycles. The fourth-order valence-electron chi connectivity index (χ4n) is 11.7. The van der Waals surface area contributed by atoms with Gasteiger partial charge in [0.15, 0.2) is 5.82 Å². The highest BCUT2D eigenvalue weighted by Crippen LogP contribution is 2.50. The van der Waals surface area contributed by atoms with Gasteiger partial charge in [-0.2, -0.15) is 0 Å². The van der Waals surface area contributed by atoms with E-state index in [9.17, 15) is 0 Å². The molecule has 0 atom stereocenters. The molecule has 2 fully saturated rings. The maximum Gasteiger partial charge on any atom is 0.252 e. The number of fused-ring (bicyclic) bond motifs is 4. The Hall–Kier alpha value is -5.16. The standard InChI is InChI=1S/C62H75BN4/c1-59(2,3)45-34-46(60(4,5)6)37-49(36-45)66-53-30-42(40-20-15-13-16-21-40)24-26-51(53)63-52-27-25-43(41-22-17-14-18-23-41)31-54(52)67(50-38-47(61(7,8)9)35-48(39-50)62(10,11)12)56-33-44(32-55(66)57(56)63)58-64-28-19-29-65-58/h19,24-41H,13-18,20-23H2,1-12H3. The van der Waals surface area contributed by atoms with Crippen molar-refractivity contribution in [3.63, 3.8) is 0 Å². The van der Waals surface area contributed by atoms with Crippen LogP contribution >= 0.6 is 0 Å². The monoisotopic (exact) mass is 887 g/mol. The zero-order chi connectivity index (χ0) is 47.2. The van der Waals surface area contributed by atoms with Crippen LogP contribution in [0.15, 0.2) is 103 Å². The molecule has 2 aliphatic carbocycles. The highest BCUT2D eigenvalue weighted by atomic mass is 15.2. The van der Waals surface area contributed by atoms with Crippen molar-refractivity contribution in [3.05, 3.63) is 137 Å². The number of hydrogen-bond acceptors (Lipinski definition) is 4. The largest absolute Gasteiger partial charge is 0.311 e. The van der Waals surface area contributed by atoms with Crippen LogP contribution in [0.2, 0.25) is 0 Å². The smallest absolute Gasteiger partial charge is 0.252 e. The summed E-state index contributed by atoms with van der Waals surface area (Å²) in [5.41, 5.74) is 20.9. The molecule has 2 saturated carbocycles. The Balaban J connectivity index is 1.34. The van der Waals surface area contributed by atoms with Crippen LogP contribution < -0.4 is 26.2 Å². The van der Waals surface area contributed by atoms with E-state index in [1.807, 2.05) is 18.5 Å². The second kappa shape index (κ2) is 16.8. The lowest BCUT2D eigenvalue weighted by Crippen LogP contribution is -2.61. The Labute approximate surface area is 404 Å². The van der Waals surface area contributed by atoms with Crippen LogP contribution in [0.1, 0.15) is 193 Å². The zero-order valence-electron chi connectivity index (χ0n) is 42.9. The Bertz CT molecular complexity index is 2580. The number of hydrogen-bond donors (Lipinski definition) is 0. The van der Waals surface area contributed by atoms with Crippen LogP contribution in [0.25, 0.3) is 11.4 Å². The molecule has 6 aromatic rings. The summed E-state index contributed by atoms with van der Waals surface area (Å²) in [5.74, 6) is 1.90. The van der Waals surface area contributed by atoms with Gasteiger partial charge in [-0.3, -0.25) is 0 Å². The van der Waals surface area contributed by atoms with Crippen molar-refractivity contribution in [1.82, 2.24) is 9.97 Å². The second-order valence-electron chi connectivity index (χ2n) is 24.9. The van der Waals surface area contributed by atoms with Crippen molar-refractivity contribution >= 4 is 57.2 Å². The summed E-state index contributed by atoms with van der Waals surface area (Å²) in [6.45, 7) is 28.4. The molecule has 0 unspecified atom stereocenters. The second-order valence-corrected chi connectivity index (χ2v) is 24.9. The average molecular weight is 887 g/mol. The molecule has 0 bridgehead atoms. The van der Waals surface area contributed by atoms with Crippen LogP contribution in [-0.4, -0.2) is 16.7 Å². The number of rotatable bonds is 5. The first-order chi connectivity index (χ1) is 31.7. The normalized spacial score (nSPS) is 17.0. The van der Waals surface area contributed by atoms with Crippen molar-refractivity contribution in [1.29, 1.82) is 0 Å². The van der Waals surface area contributed by atoms with Crippen LogP contribution in [-0.2, 0) is 21.7 Å². The molecule has 4 nitrogen and oxygen atoms in total. The van der Waals surface area contributed by atoms with Gasteiger partial charge in [0.2, 0.25) is 0 Å². The van der Waals surface area contributed by atoms with Crippen molar-refractivity contribution in [2.45, 2.75) is 181 Å². The van der Waals surface area contributed by atoms with Gasteiger partial charge < -0.3 is 9.80 Å². The van der Waals surface area contributed by atoms with Crippen molar-refractivity contribution < 1.29 is 0 Å². The van der Waals surface area contributed by atoms with Crippen LogP contribution in [0.5, 0.6) is 0 Å². The SMILES string of the molecule is CC(C)(C)c1cc(N2c3cc(C4CCCCC4)ccc3B3c4ccc(C5CCCCC5)cc4N(c4cc(C(C)(C)C)cc(C(C)(C)C)c4)c4cc(-c5ncccn5)cc2c43)cc(C(C)(C)C)c1. The topological polar surface area (TPSA) is 32.3 Å². The summed E-state index contributed by atoms with van der Waals surface area (Å²) in [7, 11) is 0. The number of nitrogens with zero attached hydrogens (tertiary/aromatic N) is 4. The third kappa shape index (κ3) is 8.56. The summed E-state index contributed by atoms with van der Waals surface area (Å²) in [6.07, 6.45) is 16.8. The molecule has 0 radical (unpaired) electrons. The van der Waals surface area contributed by atoms with E-state index in [4.69, 9.17) is 9.97 Å². The molecular weight excluding hydrogens is 812 g/mol. The van der Waals surface area contributed by atoms with E-state index in [0.29, 0.717) is 11.8 Å². The van der Waals surface area contributed by atoms with E-state index >= 15 is 0 Å².